The highest BCUT2D eigenvalue weighted by molar-refractivity contribution is 6.07. The van der Waals surface area contributed by atoms with Crippen LogP contribution in [0.25, 0.3) is 0 Å². The fourth-order valence-electron chi connectivity index (χ4n) is 4.31. The normalized spacial score (nSPS) is 19.1. The van der Waals surface area contributed by atoms with Gasteiger partial charge in [0.25, 0.3) is 0 Å². The third-order valence-electron chi connectivity index (χ3n) is 5.64. The minimum Gasteiger partial charge on any atom is -0.469 e. The number of Topliss-reactive ketones (excluding diaryl/α,β-unsaturated/α-hetero) is 1. The number of ether oxygens (including phenoxy) is 1. The van der Waals surface area contributed by atoms with Gasteiger partial charge in [0.15, 0.2) is 5.78 Å². The lowest BCUT2D eigenvalue weighted by Gasteiger charge is -2.37. The molecule has 2 aromatic carbocycles. The van der Waals surface area contributed by atoms with Crippen LogP contribution in [-0.2, 0) is 9.59 Å². The molecule has 150 valence electrons. The molecule has 3 aromatic rings. The van der Waals surface area contributed by atoms with Crippen LogP contribution in [0.4, 0.5) is 5.69 Å². The van der Waals surface area contributed by atoms with Crippen LogP contribution in [0.3, 0.4) is 0 Å². The molecule has 0 saturated heterocycles. The van der Waals surface area contributed by atoms with Gasteiger partial charge < -0.3 is 9.15 Å². The van der Waals surface area contributed by atoms with Crippen LogP contribution < -0.4 is 9.64 Å². The third-order valence-corrected chi connectivity index (χ3v) is 5.64. The molecule has 1 aromatic heterocycles. The molecule has 0 N–H and O–H groups in total. The molecule has 5 heteroatoms. The smallest absolute Gasteiger partial charge is 0.232 e. The lowest BCUT2D eigenvalue weighted by atomic mass is 9.79. The number of hydrogen-bond acceptors (Lipinski definition) is 4. The summed E-state index contributed by atoms with van der Waals surface area (Å²) < 4.78 is 11.4. The number of rotatable bonds is 4. The molecule has 5 nitrogen and oxygen atoms in total. The second-order valence-corrected chi connectivity index (χ2v) is 7.55. The van der Waals surface area contributed by atoms with Crippen LogP contribution in [0, 0.1) is 0 Å². The van der Waals surface area contributed by atoms with E-state index in [1.165, 1.54) is 0 Å². The van der Waals surface area contributed by atoms with Crippen molar-refractivity contribution in [3.63, 3.8) is 0 Å². The second-order valence-electron chi connectivity index (χ2n) is 7.55. The van der Waals surface area contributed by atoms with Gasteiger partial charge in [0, 0.05) is 29.8 Å². The van der Waals surface area contributed by atoms with Gasteiger partial charge in [0.05, 0.1) is 12.2 Å². The minimum atomic E-state index is -0.299. The first-order valence-electron chi connectivity index (χ1n) is 10.2. The molecule has 0 radical (unpaired) electrons. The molecule has 0 fully saturated rings. The van der Waals surface area contributed by atoms with E-state index in [9.17, 15) is 9.59 Å². The molecule has 1 atom stereocenters. The van der Waals surface area contributed by atoms with E-state index in [0.29, 0.717) is 24.4 Å². The van der Waals surface area contributed by atoms with Crippen molar-refractivity contribution in [3.05, 3.63) is 90.0 Å². The van der Waals surface area contributed by atoms with Crippen LogP contribution in [0.15, 0.2) is 88.7 Å². The quantitative estimate of drug-likeness (QED) is 0.573. The molecule has 2 aliphatic rings. The number of allylic oxidation sites excluding steroid dienone is 2. The van der Waals surface area contributed by atoms with Crippen molar-refractivity contribution in [2.45, 2.75) is 31.6 Å². The van der Waals surface area contributed by atoms with Crippen molar-refractivity contribution >= 4 is 17.4 Å². The molecule has 0 bridgehead atoms. The van der Waals surface area contributed by atoms with Crippen molar-refractivity contribution in [2.75, 3.05) is 4.90 Å². The number of carbonyl (C=O) groups excluding carboxylic acids is 2. The van der Waals surface area contributed by atoms with E-state index in [1.54, 1.807) is 17.2 Å². The van der Waals surface area contributed by atoms with Crippen LogP contribution >= 0.6 is 0 Å². The number of anilines is 1. The molecule has 1 aliphatic heterocycles. The minimum absolute atomic E-state index is 0.0263. The van der Waals surface area contributed by atoms with Crippen molar-refractivity contribution in [1.82, 2.24) is 0 Å². The summed E-state index contributed by atoms with van der Waals surface area (Å²) in [5, 5.41) is 0. The summed E-state index contributed by atoms with van der Waals surface area (Å²) in [6.45, 7) is 0. The van der Waals surface area contributed by atoms with Gasteiger partial charge in [-0.25, -0.2) is 0 Å². The standard InChI is InChI=1S/C25H21NO4/c27-22-9-4-8-21-25(22)20(23-10-5-15-29-23)16-24(28)26(21)17-11-13-19(14-12-17)30-18-6-2-1-3-7-18/h1-3,5-7,10-15,20H,4,8-9,16H2. The zero-order chi connectivity index (χ0) is 20.5. The summed E-state index contributed by atoms with van der Waals surface area (Å²) in [4.78, 5) is 27.7. The summed E-state index contributed by atoms with van der Waals surface area (Å²) >= 11 is 0. The zero-order valence-corrected chi connectivity index (χ0v) is 16.4. The van der Waals surface area contributed by atoms with E-state index in [4.69, 9.17) is 9.15 Å². The molecule has 30 heavy (non-hydrogen) atoms. The average Bonchev–Trinajstić information content (AvgIpc) is 3.30. The molecule has 2 heterocycles. The number of ketones is 1. The molecule has 5 rings (SSSR count). The SMILES string of the molecule is O=C1CCCC2=C1C(c1ccco1)CC(=O)N2c1ccc(Oc2ccccc2)cc1. The number of amides is 1. The molecular formula is C25H21NO4. The van der Waals surface area contributed by atoms with Gasteiger partial charge in [-0.1, -0.05) is 18.2 Å². The predicted octanol–water partition coefficient (Wildman–Crippen LogP) is 5.60. The van der Waals surface area contributed by atoms with E-state index < -0.39 is 0 Å². The summed E-state index contributed by atoms with van der Waals surface area (Å²) in [6.07, 6.45) is 3.78. The molecule has 1 amide bonds. The topological polar surface area (TPSA) is 59.8 Å². The number of benzene rings is 2. The van der Waals surface area contributed by atoms with Crippen molar-refractivity contribution in [2.24, 2.45) is 0 Å². The van der Waals surface area contributed by atoms with E-state index >= 15 is 0 Å². The van der Waals surface area contributed by atoms with Crippen LogP contribution in [0.5, 0.6) is 11.5 Å². The number of carbonyl (C=O) groups is 2. The molecule has 0 saturated carbocycles. The van der Waals surface area contributed by atoms with Gasteiger partial charge in [0.2, 0.25) is 5.91 Å². The Kier molecular flexibility index (Phi) is 4.71. The average molecular weight is 399 g/mol. The van der Waals surface area contributed by atoms with Gasteiger partial charge in [-0.2, -0.15) is 0 Å². The fraction of sp³-hybridized carbons (Fsp3) is 0.200. The van der Waals surface area contributed by atoms with Gasteiger partial charge in [-0.3, -0.25) is 14.5 Å². The fourth-order valence-corrected chi connectivity index (χ4v) is 4.31. The van der Waals surface area contributed by atoms with Gasteiger partial charge in [-0.05, 0) is 61.4 Å². The Labute approximate surface area is 174 Å². The molecule has 1 unspecified atom stereocenters. The summed E-state index contributed by atoms with van der Waals surface area (Å²) in [5.41, 5.74) is 2.28. The Hall–Kier alpha value is -3.60. The van der Waals surface area contributed by atoms with Gasteiger partial charge in [-0.15, -0.1) is 0 Å². The Bertz CT molecular complexity index is 1100. The van der Waals surface area contributed by atoms with Crippen LogP contribution in [-0.4, -0.2) is 11.7 Å². The summed E-state index contributed by atoms with van der Waals surface area (Å²) in [7, 11) is 0. The third kappa shape index (κ3) is 3.32. The van der Waals surface area contributed by atoms with E-state index in [-0.39, 0.29) is 24.0 Å². The Morgan fingerprint density at radius 3 is 2.37 bits per heavy atom. The maximum absolute atomic E-state index is 13.1. The predicted molar refractivity (Wildman–Crippen MR) is 112 cm³/mol. The van der Waals surface area contributed by atoms with E-state index in [1.807, 2.05) is 60.7 Å². The zero-order valence-electron chi connectivity index (χ0n) is 16.4. The van der Waals surface area contributed by atoms with Crippen LogP contribution in [0.2, 0.25) is 0 Å². The molecule has 0 spiro atoms. The lowest BCUT2D eigenvalue weighted by Crippen LogP contribution is -2.40. The number of nitrogens with zero attached hydrogens (tertiary/aromatic N) is 1. The molecule has 1 aliphatic carbocycles. The Morgan fingerprint density at radius 1 is 0.867 bits per heavy atom. The molecular weight excluding hydrogens is 378 g/mol. The Morgan fingerprint density at radius 2 is 1.63 bits per heavy atom. The monoisotopic (exact) mass is 399 g/mol. The van der Waals surface area contributed by atoms with E-state index in [0.717, 1.165) is 29.1 Å². The van der Waals surface area contributed by atoms with Crippen LogP contribution in [0.1, 0.15) is 37.4 Å². The first kappa shape index (κ1) is 18.4. The van der Waals surface area contributed by atoms with Crippen molar-refractivity contribution in [1.29, 1.82) is 0 Å². The second kappa shape index (κ2) is 7.67. The maximum atomic E-state index is 13.1. The van der Waals surface area contributed by atoms with Crippen molar-refractivity contribution < 1.29 is 18.7 Å². The first-order valence-corrected chi connectivity index (χ1v) is 10.2. The Balaban J connectivity index is 1.49. The van der Waals surface area contributed by atoms with Crippen molar-refractivity contribution in [3.8, 4) is 11.5 Å². The number of furan rings is 1. The highest BCUT2D eigenvalue weighted by atomic mass is 16.5. The van der Waals surface area contributed by atoms with Gasteiger partial charge >= 0.3 is 0 Å². The lowest BCUT2D eigenvalue weighted by molar-refractivity contribution is -0.120. The first-order chi connectivity index (χ1) is 14.7. The highest BCUT2D eigenvalue weighted by Crippen LogP contribution is 2.43. The number of para-hydroxylation sites is 1. The maximum Gasteiger partial charge on any atom is 0.232 e. The summed E-state index contributed by atoms with van der Waals surface area (Å²) in [6, 6.07) is 20.6. The van der Waals surface area contributed by atoms with E-state index in [2.05, 4.69) is 0 Å². The summed E-state index contributed by atoms with van der Waals surface area (Å²) in [5.74, 6) is 1.91. The largest absolute Gasteiger partial charge is 0.469 e. The highest BCUT2D eigenvalue weighted by Gasteiger charge is 2.40. The van der Waals surface area contributed by atoms with Gasteiger partial charge in [0.1, 0.15) is 17.3 Å². The number of hydrogen-bond donors (Lipinski definition) is 0.